The molecule has 152 valence electrons. The van der Waals surface area contributed by atoms with Crippen LogP contribution in [0.2, 0.25) is 0 Å². The lowest BCUT2D eigenvalue weighted by molar-refractivity contribution is -0.208. The van der Waals surface area contributed by atoms with Gasteiger partial charge in [-0.2, -0.15) is 0 Å². The molecule has 8 heteroatoms. The number of anilines is 1. The average molecular weight is 389 g/mol. The second-order valence-corrected chi connectivity index (χ2v) is 7.46. The fraction of sp³-hybridized carbons (Fsp3) is 0.550. The molecule has 2 aliphatic rings. The second-order valence-electron chi connectivity index (χ2n) is 7.46. The zero-order valence-electron chi connectivity index (χ0n) is 16.8. The van der Waals surface area contributed by atoms with Gasteiger partial charge in [0.1, 0.15) is 0 Å². The van der Waals surface area contributed by atoms with Crippen molar-refractivity contribution in [3.63, 3.8) is 0 Å². The molecule has 1 aromatic carbocycles. The molecular formula is C20H27N3O5. The molecule has 0 aliphatic carbocycles. The van der Waals surface area contributed by atoms with Crippen molar-refractivity contribution in [2.75, 3.05) is 46.3 Å². The van der Waals surface area contributed by atoms with Crippen LogP contribution in [-0.2, 0) is 19.2 Å². The van der Waals surface area contributed by atoms with Crippen molar-refractivity contribution in [1.29, 1.82) is 0 Å². The number of amides is 2. The Bertz CT molecular complexity index is 769. The van der Waals surface area contributed by atoms with Crippen LogP contribution in [-0.4, -0.2) is 74.7 Å². The van der Waals surface area contributed by atoms with E-state index in [0.717, 1.165) is 5.69 Å². The summed E-state index contributed by atoms with van der Waals surface area (Å²) in [5.41, 5.74) is 0.727. The molecule has 0 N–H and O–H groups in total. The largest absolute Gasteiger partial charge is 0.469 e. The summed E-state index contributed by atoms with van der Waals surface area (Å²) >= 11 is 0. The van der Waals surface area contributed by atoms with Crippen LogP contribution in [0, 0.1) is 5.92 Å². The van der Waals surface area contributed by atoms with E-state index in [2.05, 4.69) is 0 Å². The van der Waals surface area contributed by atoms with E-state index >= 15 is 0 Å². The van der Waals surface area contributed by atoms with Gasteiger partial charge in [-0.05, 0) is 25.0 Å². The number of hydroxylamine groups is 2. The third kappa shape index (κ3) is 3.22. The Morgan fingerprint density at radius 2 is 1.79 bits per heavy atom. The van der Waals surface area contributed by atoms with Gasteiger partial charge >= 0.3 is 5.97 Å². The number of nitrogens with zero attached hydrogens (tertiary/aromatic N) is 3. The van der Waals surface area contributed by atoms with Crippen molar-refractivity contribution in [2.45, 2.75) is 24.8 Å². The molecule has 1 spiro atoms. The topological polar surface area (TPSA) is 79.4 Å². The van der Waals surface area contributed by atoms with Gasteiger partial charge in [-0.15, -0.1) is 0 Å². The van der Waals surface area contributed by atoms with Crippen molar-refractivity contribution in [1.82, 2.24) is 9.96 Å². The quantitative estimate of drug-likeness (QED) is 0.723. The van der Waals surface area contributed by atoms with E-state index < -0.39 is 17.4 Å². The minimum Gasteiger partial charge on any atom is -0.469 e. The number of likely N-dealkylation sites (tertiary alicyclic amines) is 1. The van der Waals surface area contributed by atoms with E-state index in [1.807, 2.05) is 43.3 Å². The highest BCUT2D eigenvalue weighted by molar-refractivity contribution is 6.00. The van der Waals surface area contributed by atoms with Gasteiger partial charge in [-0.25, -0.2) is 5.06 Å². The predicted octanol–water partition coefficient (Wildman–Crippen LogP) is 1.31. The molecule has 2 heterocycles. The minimum absolute atomic E-state index is 0.0536. The van der Waals surface area contributed by atoms with E-state index in [1.54, 1.807) is 4.90 Å². The normalized spacial score (nSPS) is 21.1. The summed E-state index contributed by atoms with van der Waals surface area (Å²) in [6, 6.07) is 7.48. The number of hydrogen-bond donors (Lipinski definition) is 0. The Labute approximate surface area is 164 Å². The number of benzene rings is 1. The van der Waals surface area contributed by atoms with Crippen LogP contribution in [0.3, 0.4) is 0 Å². The lowest BCUT2D eigenvalue weighted by Crippen LogP contribution is -2.57. The Morgan fingerprint density at radius 1 is 1.14 bits per heavy atom. The Hall–Kier alpha value is -2.61. The smallest absolute Gasteiger partial charge is 0.311 e. The van der Waals surface area contributed by atoms with Crippen LogP contribution in [0.1, 0.15) is 29.6 Å². The van der Waals surface area contributed by atoms with E-state index in [0.29, 0.717) is 31.5 Å². The number of hydrogen-bond acceptors (Lipinski definition) is 6. The maximum Gasteiger partial charge on any atom is 0.311 e. The number of methoxy groups -OCH3 is 1. The summed E-state index contributed by atoms with van der Waals surface area (Å²) in [5, 5.41) is 1.32. The van der Waals surface area contributed by atoms with Gasteiger partial charge in [0.25, 0.3) is 5.91 Å². The number of carbonyl (C=O) groups excluding carboxylic acids is 3. The summed E-state index contributed by atoms with van der Waals surface area (Å²) in [6.07, 6.45) is 0.988. The fourth-order valence-electron chi connectivity index (χ4n) is 4.43. The highest BCUT2D eigenvalue weighted by Gasteiger charge is 2.58. The number of para-hydroxylation sites is 1. The minimum atomic E-state index is -0.767. The van der Waals surface area contributed by atoms with Crippen molar-refractivity contribution < 1.29 is 24.0 Å². The van der Waals surface area contributed by atoms with Gasteiger partial charge in [0.15, 0.2) is 0 Å². The molecule has 2 fully saturated rings. The molecule has 2 aliphatic heterocycles. The molecule has 0 radical (unpaired) electrons. The van der Waals surface area contributed by atoms with Crippen LogP contribution in [0.25, 0.3) is 0 Å². The first kappa shape index (κ1) is 20.1. The monoisotopic (exact) mass is 389 g/mol. The molecule has 0 saturated carbocycles. The van der Waals surface area contributed by atoms with Gasteiger partial charge < -0.3 is 14.5 Å². The molecule has 3 rings (SSSR count). The molecule has 0 aromatic heterocycles. The van der Waals surface area contributed by atoms with Crippen molar-refractivity contribution in [3.05, 3.63) is 29.8 Å². The third-order valence-electron chi connectivity index (χ3n) is 5.86. The fourth-order valence-corrected chi connectivity index (χ4v) is 4.43. The summed E-state index contributed by atoms with van der Waals surface area (Å²) < 4.78 is 4.93. The van der Waals surface area contributed by atoms with Crippen LogP contribution < -0.4 is 4.90 Å². The standard InChI is InChI=1S/C20H27N3O5/c1-21(2)16-8-6-5-7-14(16)18(25)22-11-9-20(10-12-22)15(19(26)27-3)13-17(24)23(20)28-4/h5-8,15H,9-13H2,1-4H3. The third-order valence-corrected chi connectivity index (χ3v) is 5.86. The highest BCUT2D eigenvalue weighted by Crippen LogP contribution is 2.44. The maximum absolute atomic E-state index is 13.1. The van der Waals surface area contributed by atoms with Gasteiger partial charge in [0, 0.05) is 39.3 Å². The molecule has 2 amide bonds. The van der Waals surface area contributed by atoms with E-state index in [-0.39, 0.29) is 18.2 Å². The zero-order valence-corrected chi connectivity index (χ0v) is 16.8. The second kappa shape index (κ2) is 7.79. The number of esters is 1. The van der Waals surface area contributed by atoms with Crippen molar-refractivity contribution in [2.24, 2.45) is 5.92 Å². The summed E-state index contributed by atoms with van der Waals surface area (Å²) in [4.78, 5) is 46.8. The zero-order chi connectivity index (χ0) is 20.5. The molecular weight excluding hydrogens is 362 g/mol. The molecule has 2 saturated heterocycles. The highest BCUT2D eigenvalue weighted by atomic mass is 16.7. The van der Waals surface area contributed by atoms with Gasteiger partial charge in [0.2, 0.25) is 5.91 Å². The van der Waals surface area contributed by atoms with Crippen LogP contribution in [0.5, 0.6) is 0 Å². The lowest BCUT2D eigenvalue weighted by atomic mass is 9.77. The first-order chi connectivity index (χ1) is 13.4. The molecule has 1 unspecified atom stereocenters. The number of carbonyl (C=O) groups is 3. The number of rotatable bonds is 4. The number of piperidine rings is 1. The predicted molar refractivity (Wildman–Crippen MR) is 103 cm³/mol. The SMILES string of the molecule is COC(=O)C1CC(=O)N(OC)C12CCN(C(=O)c1ccccc1N(C)C)CC2. The maximum atomic E-state index is 13.1. The Balaban J connectivity index is 1.82. The van der Waals surface area contributed by atoms with Gasteiger partial charge in [-0.1, -0.05) is 12.1 Å². The van der Waals surface area contributed by atoms with E-state index in [1.165, 1.54) is 19.3 Å². The molecule has 8 nitrogen and oxygen atoms in total. The summed E-state index contributed by atoms with van der Waals surface area (Å²) in [6.45, 7) is 0.864. The molecule has 1 aromatic rings. The van der Waals surface area contributed by atoms with E-state index in [4.69, 9.17) is 9.57 Å². The first-order valence-corrected chi connectivity index (χ1v) is 9.36. The molecule has 0 bridgehead atoms. The molecule has 1 atom stereocenters. The average Bonchev–Trinajstić information content (AvgIpc) is 2.98. The van der Waals surface area contributed by atoms with Crippen LogP contribution in [0.4, 0.5) is 5.69 Å². The van der Waals surface area contributed by atoms with Gasteiger partial charge in [-0.3, -0.25) is 19.2 Å². The van der Waals surface area contributed by atoms with Crippen molar-refractivity contribution >= 4 is 23.5 Å². The molecule has 28 heavy (non-hydrogen) atoms. The van der Waals surface area contributed by atoms with Crippen LogP contribution >= 0.6 is 0 Å². The summed E-state index contributed by atoms with van der Waals surface area (Å²) in [7, 11) is 6.56. The number of ether oxygens (including phenoxy) is 1. The van der Waals surface area contributed by atoms with E-state index in [9.17, 15) is 14.4 Å². The van der Waals surface area contributed by atoms with Crippen LogP contribution in [0.15, 0.2) is 24.3 Å². The van der Waals surface area contributed by atoms with Gasteiger partial charge in [0.05, 0.1) is 31.2 Å². The lowest BCUT2D eigenvalue weighted by Gasteiger charge is -2.45. The Morgan fingerprint density at radius 3 is 2.36 bits per heavy atom. The first-order valence-electron chi connectivity index (χ1n) is 9.36. The summed E-state index contributed by atoms with van der Waals surface area (Å²) in [5.74, 6) is -1.28. The van der Waals surface area contributed by atoms with Crippen molar-refractivity contribution in [3.8, 4) is 0 Å². The Kier molecular flexibility index (Phi) is 5.60.